The van der Waals surface area contributed by atoms with Crippen LogP contribution < -0.4 is 10.1 Å². The molecule has 0 aliphatic carbocycles. The van der Waals surface area contributed by atoms with E-state index in [0.717, 1.165) is 11.1 Å². The fourth-order valence-corrected chi connectivity index (χ4v) is 3.43. The lowest BCUT2D eigenvalue weighted by atomic mass is 9.86. The first-order valence-electron chi connectivity index (χ1n) is 10.7. The van der Waals surface area contributed by atoms with E-state index in [-0.39, 0.29) is 36.2 Å². The van der Waals surface area contributed by atoms with Crippen molar-refractivity contribution in [3.8, 4) is 5.75 Å². The number of halogens is 1. The van der Waals surface area contributed by atoms with E-state index in [1.807, 2.05) is 38.1 Å². The minimum atomic E-state index is -0.640. The van der Waals surface area contributed by atoms with Gasteiger partial charge in [0, 0.05) is 13.1 Å². The summed E-state index contributed by atoms with van der Waals surface area (Å²) in [6.07, 6.45) is 0.456. The summed E-state index contributed by atoms with van der Waals surface area (Å²) in [5, 5.41) is 2.80. The summed E-state index contributed by atoms with van der Waals surface area (Å²) in [7, 11) is 0. The number of carbonyl (C=O) groups excluding carboxylic acids is 2. The molecule has 2 amide bonds. The first kappa shape index (κ1) is 24.4. The number of amides is 2. The topological polar surface area (TPSA) is 58.6 Å². The molecule has 5 nitrogen and oxygen atoms in total. The number of hydrogen-bond donors (Lipinski definition) is 1. The summed E-state index contributed by atoms with van der Waals surface area (Å²) in [5.74, 6) is -0.211. The standard InChI is InChI=1S/C25H33FN2O3/c1-6-21(24(30)27-7-2)28(16-18-12-14-19(26)15-13-18)23(29)17-31-22-11-9-8-10-20(22)25(3,4)5/h8-15,21H,6-7,16-17H2,1-5H3,(H,27,30)/t21-/m1/s1. The number of ether oxygens (including phenoxy) is 1. The maximum absolute atomic E-state index is 13.3. The zero-order valence-electron chi connectivity index (χ0n) is 19.1. The van der Waals surface area contributed by atoms with Gasteiger partial charge in [0.1, 0.15) is 17.6 Å². The summed E-state index contributed by atoms with van der Waals surface area (Å²) in [6.45, 7) is 10.4. The molecule has 0 aliphatic heterocycles. The predicted octanol–water partition coefficient (Wildman–Crippen LogP) is 4.45. The summed E-state index contributed by atoms with van der Waals surface area (Å²) >= 11 is 0. The van der Waals surface area contributed by atoms with Gasteiger partial charge in [0.15, 0.2) is 6.61 Å². The van der Waals surface area contributed by atoms with E-state index in [4.69, 9.17) is 4.74 Å². The summed E-state index contributed by atoms with van der Waals surface area (Å²) in [4.78, 5) is 27.3. The van der Waals surface area contributed by atoms with E-state index >= 15 is 0 Å². The molecule has 0 saturated carbocycles. The van der Waals surface area contributed by atoms with Gasteiger partial charge in [-0.15, -0.1) is 0 Å². The molecule has 31 heavy (non-hydrogen) atoms. The van der Waals surface area contributed by atoms with Crippen LogP contribution in [0.1, 0.15) is 52.2 Å². The molecule has 168 valence electrons. The van der Waals surface area contributed by atoms with Crippen LogP contribution in [0.25, 0.3) is 0 Å². The van der Waals surface area contributed by atoms with Crippen molar-refractivity contribution in [3.63, 3.8) is 0 Å². The lowest BCUT2D eigenvalue weighted by molar-refractivity contribution is -0.142. The molecule has 0 aromatic heterocycles. The van der Waals surface area contributed by atoms with Crippen LogP contribution in [0, 0.1) is 5.82 Å². The predicted molar refractivity (Wildman–Crippen MR) is 120 cm³/mol. The molecule has 2 aromatic rings. The van der Waals surface area contributed by atoms with Gasteiger partial charge in [0.25, 0.3) is 5.91 Å². The third-order valence-corrected chi connectivity index (χ3v) is 5.05. The molecule has 2 rings (SSSR count). The Labute approximate surface area is 184 Å². The molecule has 0 radical (unpaired) electrons. The molecular weight excluding hydrogens is 395 g/mol. The molecule has 6 heteroatoms. The number of rotatable bonds is 9. The Balaban J connectivity index is 2.25. The second-order valence-corrected chi connectivity index (χ2v) is 8.50. The van der Waals surface area contributed by atoms with Crippen molar-refractivity contribution in [2.75, 3.05) is 13.2 Å². The number of para-hydroxylation sites is 1. The van der Waals surface area contributed by atoms with Crippen LogP contribution in [0.2, 0.25) is 0 Å². The Morgan fingerprint density at radius 1 is 1.06 bits per heavy atom. The van der Waals surface area contributed by atoms with Gasteiger partial charge in [-0.3, -0.25) is 9.59 Å². The fraction of sp³-hybridized carbons (Fsp3) is 0.440. The van der Waals surface area contributed by atoms with Crippen molar-refractivity contribution in [2.45, 2.75) is 59.0 Å². The number of carbonyl (C=O) groups is 2. The van der Waals surface area contributed by atoms with Gasteiger partial charge < -0.3 is 15.0 Å². The second kappa shape index (κ2) is 10.9. The van der Waals surface area contributed by atoms with E-state index in [2.05, 4.69) is 26.1 Å². The zero-order chi connectivity index (χ0) is 23.0. The highest BCUT2D eigenvalue weighted by Gasteiger charge is 2.29. The minimum absolute atomic E-state index is 0.138. The maximum atomic E-state index is 13.3. The molecule has 0 bridgehead atoms. The monoisotopic (exact) mass is 428 g/mol. The quantitative estimate of drug-likeness (QED) is 0.642. The number of nitrogens with one attached hydrogen (secondary N) is 1. The zero-order valence-corrected chi connectivity index (χ0v) is 19.1. The van der Waals surface area contributed by atoms with Crippen molar-refractivity contribution in [2.24, 2.45) is 0 Å². The Bertz CT molecular complexity index is 875. The van der Waals surface area contributed by atoms with E-state index < -0.39 is 6.04 Å². The van der Waals surface area contributed by atoms with Gasteiger partial charge in [-0.25, -0.2) is 4.39 Å². The van der Waals surface area contributed by atoms with E-state index in [0.29, 0.717) is 18.7 Å². The van der Waals surface area contributed by atoms with Crippen LogP contribution in [-0.4, -0.2) is 35.9 Å². The molecule has 0 unspecified atom stereocenters. The maximum Gasteiger partial charge on any atom is 0.261 e. The third-order valence-electron chi connectivity index (χ3n) is 5.05. The molecule has 0 spiro atoms. The smallest absolute Gasteiger partial charge is 0.261 e. The Hall–Kier alpha value is -2.89. The van der Waals surface area contributed by atoms with Gasteiger partial charge in [0.2, 0.25) is 5.91 Å². The van der Waals surface area contributed by atoms with E-state index in [9.17, 15) is 14.0 Å². The van der Waals surface area contributed by atoms with Crippen molar-refractivity contribution in [1.82, 2.24) is 10.2 Å². The average Bonchev–Trinajstić information content (AvgIpc) is 2.73. The van der Waals surface area contributed by atoms with Gasteiger partial charge >= 0.3 is 0 Å². The summed E-state index contributed by atoms with van der Waals surface area (Å²) < 4.78 is 19.2. The van der Waals surface area contributed by atoms with Gasteiger partial charge in [0.05, 0.1) is 0 Å². The summed E-state index contributed by atoms with van der Waals surface area (Å²) in [6, 6.07) is 12.9. The number of hydrogen-bond acceptors (Lipinski definition) is 3. The van der Waals surface area contributed by atoms with Crippen LogP contribution in [0.4, 0.5) is 4.39 Å². The second-order valence-electron chi connectivity index (χ2n) is 8.50. The Kier molecular flexibility index (Phi) is 8.60. The minimum Gasteiger partial charge on any atom is -0.483 e. The molecule has 0 aliphatic rings. The van der Waals surface area contributed by atoms with Crippen LogP contribution in [0.5, 0.6) is 5.75 Å². The highest BCUT2D eigenvalue weighted by Crippen LogP contribution is 2.31. The number of benzene rings is 2. The molecule has 1 N–H and O–H groups in total. The number of likely N-dealkylation sites (N-methyl/N-ethyl adjacent to an activating group) is 1. The first-order valence-corrected chi connectivity index (χ1v) is 10.7. The lowest BCUT2D eigenvalue weighted by Gasteiger charge is -2.31. The molecule has 1 atom stereocenters. The van der Waals surface area contributed by atoms with Gasteiger partial charge in [-0.1, -0.05) is 58.0 Å². The van der Waals surface area contributed by atoms with Crippen molar-refractivity contribution >= 4 is 11.8 Å². The van der Waals surface area contributed by atoms with Crippen molar-refractivity contribution in [1.29, 1.82) is 0 Å². The largest absolute Gasteiger partial charge is 0.483 e. The SMILES string of the molecule is CCNC(=O)[C@@H](CC)N(Cc1ccc(F)cc1)C(=O)COc1ccccc1C(C)(C)C. The van der Waals surface area contributed by atoms with Crippen LogP contribution in [-0.2, 0) is 21.5 Å². The molecular formula is C25H33FN2O3. The fourth-order valence-electron chi connectivity index (χ4n) is 3.43. The normalized spacial score (nSPS) is 12.2. The molecule has 0 heterocycles. The molecule has 2 aromatic carbocycles. The highest BCUT2D eigenvalue weighted by atomic mass is 19.1. The van der Waals surface area contributed by atoms with Gasteiger partial charge in [-0.2, -0.15) is 0 Å². The van der Waals surface area contributed by atoms with Crippen LogP contribution >= 0.6 is 0 Å². The number of nitrogens with zero attached hydrogens (tertiary/aromatic N) is 1. The summed E-state index contributed by atoms with van der Waals surface area (Å²) in [5.41, 5.74) is 1.61. The van der Waals surface area contributed by atoms with Crippen molar-refractivity contribution < 1.29 is 18.7 Å². The third kappa shape index (κ3) is 6.81. The first-order chi connectivity index (χ1) is 14.7. The van der Waals surface area contributed by atoms with Crippen LogP contribution in [0.3, 0.4) is 0 Å². The highest BCUT2D eigenvalue weighted by molar-refractivity contribution is 5.88. The Morgan fingerprint density at radius 3 is 2.29 bits per heavy atom. The Morgan fingerprint density at radius 2 is 1.71 bits per heavy atom. The van der Waals surface area contributed by atoms with Crippen molar-refractivity contribution in [3.05, 3.63) is 65.5 Å². The lowest BCUT2D eigenvalue weighted by Crippen LogP contribution is -2.50. The van der Waals surface area contributed by atoms with E-state index in [1.165, 1.54) is 17.0 Å². The average molecular weight is 429 g/mol. The molecule has 0 fully saturated rings. The van der Waals surface area contributed by atoms with Gasteiger partial charge in [-0.05, 0) is 48.1 Å². The molecule has 0 saturated heterocycles. The van der Waals surface area contributed by atoms with E-state index in [1.54, 1.807) is 12.1 Å². The van der Waals surface area contributed by atoms with Crippen LogP contribution in [0.15, 0.2) is 48.5 Å².